The van der Waals surface area contributed by atoms with Crippen molar-refractivity contribution >= 4 is 28.0 Å². The van der Waals surface area contributed by atoms with Crippen molar-refractivity contribution in [3.8, 4) is 17.2 Å². The number of hydrogen-bond acceptors (Lipinski definition) is 9. The molecule has 2 aromatic carbocycles. The third-order valence-corrected chi connectivity index (χ3v) is 8.49. The van der Waals surface area contributed by atoms with Crippen LogP contribution in [0.5, 0.6) is 17.2 Å². The third kappa shape index (κ3) is 8.94. The van der Waals surface area contributed by atoms with Gasteiger partial charge < -0.3 is 33.0 Å². The van der Waals surface area contributed by atoms with E-state index < -0.39 is 17.8 Å². The summed E-state index contributed by atoms with van der Waals surface area (Å²) in [6, 6.07) is 12.0. The molecule has 0 spiro atoms. The van der Waals surface area contributed by atoms with Crippen molar-refractivity contribution in [3.05, 3.63) is 94.6 Å². The van der Waals surface area contributed by atoms with Crippen LogP contribution in [0, 0.1) is 0 Å². The fraction of sp³-hybridized carbons (Fsp3) is 0.395. The summed E-state index contributed by atoms with van der Waals surface area (Å²) in [4.78, 5) is 23.0. The van der Waals surface area contributed by atoms with Gasteiger partial charge in [-0.3, -0.25) is 0 Å². The summed E-state index contributed by atoms with van der Waals surface area (Å²) in [7, 11) is 0. The first-order valence-corrected chi connectivity index (χ1v) is 16.0. The van der Waals surface area contributed by atoms with Gasteiger partial charge in [0.15, 0.2) is 5.75 Å². The molecule has 250 valence electrons. The van der Waals surface area contributed by atoms with Crippen LogP contribution < -0.4 is 20.0 Å². The summed E-state index contributed by atoms with van der Waals surface area (Å²) in [5.41, 5.74) is 3.60. The smallest absolute Gasteiger partial charge is 0.336 e. The molecular weight excluding hydrogens is 600 g/mol. The first kappa shape index (κ1) is 34.0. The lowest BCUT2D eigenvalue weighted by atomic mass is 10.0. The maximum Gasteiger partial charge on any atom is 0.336 e. The predicted octanol–water partition coefficient (Wildman–Crippen LogP) is 8.33. The highest BCUT2D eigenvalue weighted by Gasteiger charge is 2.46. The number of benzene rings is 2. The molecule has 4 aromatic rings. The van der Waals surface area contributed by atoms with Crippen LogP contribution in [-0.2, 0) is 9.62 Å². The highest BCUT2D eigenvalue weighted by molar-refractivity contribution is 6.01. The molecule has 2 unspecified atom stereocenters. The van der Waals surface area contributed by atoms with Crippen LogP contribution in [0.3, 0.4) is 0 Å². The minimum Gasteiger partial charge on any atom is -0.489 e. The Balaban J connectivity index is 1.08. The lowest BCUT2D eigenvalue weighted by molar-refractivity contribution is -0.260. The van der Waals surface area contributed by atoms with Crippen molar-refractivity contribution in [3.63, 3.8) is 0 Å². The molecule has 0 radical (unpaired) electrons. The Labute approximate surface area is 274 Å². The number of furan rings is 1. The van der Waals surface area contributed by atoms with Crippen LogP contribution in [0.4, 0.5) is 0 Å². The van der Waals surface area contributed by atoms with Crippen LogP contribution in [0.1, 0.15) is 65.9 Å². The van der Waals surface area contributed by atoms with Crippen LogP contribution in [0.25, 0.3) is 28.0 Å². The number of rotatable bonds is 17. The molecule has 0 saturated carbocycles. The van der Waals surface area contributed by atoms with Crippen molar-refractivity contribution in [2.45, 2.75) is 84.2 Å². The highest BCUT2D eigenvalue weighted by atomic mass is 17.2. The Morgan fingerprint density at radius 3 is 2.47 bits per heavy atom. The summed E-state index contributed by atoms with van der Waals surface area (Å²) >= 11 is 0. The van der Waals surface area contributed by atoms with Gasteiger partial charge in [0.25, 0.3) is 0 Å². The van der Waals surface area contributed by atoms with E-state index in [4.69, 9.17) is 32.8 Å². The second-order valence-electron chi connectivity index (χ2n) is 12.6. The average molecular weight is 645 g/mol. The lowest BCUT2D eigenvalue weighted by Crippen LogP contribution is -2.27. The molecule has 47 heavy (non-hydrogen) atoms. The van der Waals surface area contributed by atoms with E-state index in [1.54, 1.807) is 37.5 Å². The zero-order valence-corrected chi connectivity index (χ0v) is 27.7. The highest BCUT2D eigenvalue weighted by Crippen LogP contribution is 2.39. The van der Waals surface area contributed by atoms with E-state index in [0.29, 0.717) is 66.0 Å². The normalized spacial score (nSPS) is 17.4. The lowest BCUT2D eigenvalue weighted by Gasteiger charge is -2.19. The molecule has 9 heteroatoms. The van der Waals surface area contributed by atoms with Gasteiger partial charge in [0, 0.05) is 23.8 Å². The second kappa shape index (κ2) is 15.1. The number of fused-ring (bicyclic) bond motifs is 2. The molecule has 1 fully saturated rings. The summed E-state index contributed by atoms with van der Waals surface area (Å²) < 4.78 is 28.5. The Morgan fingerprint density at radius 2 is 1.72 bits per heavy atom. The van der Waals surface area contributed by atoms with Gasteiger partial charge in [-0.05, 0) is 96.7 Å². The zero-order valence-electron chi connectivity index (χ0n) is 27.7. The number of aliphatic hydroxyl groups is 1. The van der Waals surface area contributed by atoms with Crippen molar-refractivity contribution in [2.24, 2.45) is 0 Å². The summed E-state index contributed by atoms with van der Waals surface area (Å²) in [6.07, 6.45) is 9.34. The van der Waals surface area contributed by atoms with E-state index in [1.807, 2.05) is 31.2 Å². The van der Waals surface area contributed by atoms with Gasteiger partial charge in [-0.1, -0.05) is 23.8 Å². The van der Waals surface area contributed by atoms with Gasteiger partial charge in [0.05, 0.1) is 34.8 Å². The molecule has 1 aliphatic rings. The molecule has 0 bridgehead atoms. The maximum atomic E-state index is 11.7. The summed E-state index contributed by atoms with van der Waals surface area (Å²) in [5.74, 6) is 1.68. The molecule has 0 amide bonds. The van der Waals surface area contributed by atoms with E-state index in [2.05, 4.69) is 33.4 Å². The number of hydrogen-bond donors (Lipinski definition) is 1. The first-order chi connectivity index (χ1) is 22.5. The monoisotopic (exact) mass is 644 g/mol. The van der Waals surface area contributed by atoms with Crippen molar-refractivity contribution in [1.29, 1.82) is 0 Å². The SMILES string of the molecule is C=Cc1ccc(OC/C=C(\C)CCC2OC2(C)C)cc1OO[C@@H](C)C(O)CC/C(C)=C/COc1c2ccoc2cc2oc(=O)ccc12. The van der Waals surface area contributed by atoms with Gasteiger partial charge in [-0.2, -0.15) is 4.89 Å². The van der Waals surface area contributed by atoms with Crippen molar-refractivity contribution < 1.29 is 37.9 Å². The molecule has 5 rings (SSSR count). The predicted molar refractivity (Wildman–Crippen MR) is 182 cm³/mol. The Hall–Kier alpha value is -4.31. The standard InChI is InChI=1S/C38H44O9/c1-7-27-10-11-28(41-19-16-25(3)9-14-35-38(5,6)45-35)22-32(27)47-46-26(4)31(39)13-8-24(2)17-20-43-37-29-12-15-36(40)44-34(29)23-33-30(37)18-21-42-33/h7,10-12,15-18,21-23,26,31,35,39H,1,8-9,13-14,19-20H2,2-6H3/b24-17+,25-16+/t26-,31?,35?/m0/s1. The largest absolute Gasteiger partial charge is 0.489 e. The van der Waals surface area contributed by atoms with E-state index in [-0.39, 0.29) is 5.60 Å². The zero-order chi connectivity index (χ0) is 33.6. The van der Waals surface area contributed by atoms with Gasteiger partial charge >= 0.3 is 5.63 Å². The molecular formula is C38H44O9. The maximum absolute atomic E-state index is 11.7. The Kier molecular flexibility index (Phi) is 10.9. The number of aliphatic hydroxyl groups excluding tert-OH is 1. The number of epoxide rings is 1. The van der Waals surface area contributed by atoms with Crippen LogP contribution in [-0.4, -0.2) is 42.2 Å². The number of allylic oxidation sites excluding steroid dienone is 2. The first-order valence-electron chi connectivity index (χ1n) is 16.0. The van der Waals surface area contributed by atoms with Gasteiger partial charge in [-0.15, -0.1) is 0 Å². The molecule has 2 aromatic heterocycles. The van der Waals surface area contributed by atoms with E-state index in [1.165, 1.54) is 11.6 Å². The fourth-order valence-corrected chi connectivity index (χ4v) is 5.26. The summed E-state index contributed by atoms with van der Waals surface area (Å²) in [5, 5.41) is 12.3. The van der Waals surface area contributed by atoms with Crippen molar-refractivity contribution in [2.75, 3.05) is 13.2 Å². The van der Waals surface area contributed by atoms with E-state index in [9.17, 15) is 9.90 Å². The van der Waals surface area contributed by atoms with Crippen LogP contribution in [0.2, 0.25) is 0 Å². The Bertz CT molecular complexity index is 1810. The van der Waals surface area contributed by atoms with Crippen molar-refractivity contribution in [1.82, 2.24) is 0 Å². The topological polar surface area (TPSA) is 113 Å². The van der Waals surface area contributed by atoms with Gasteiger partial charge in [0.2, 0.25) is 0 Å². The molecule has 3 atom stereocenters. The quantitative estimate of drug-likeness (QED) is 0.0398. The molecule has 9 nitrogen and oxygen atoms in total. The molecule has 3 heterocycles. The van der Waals surface area contributed by atoms with Crippen LogP contribution >= 0.6 is 0 Å². The van der Waals surface area contributed by atoms with Gasteiger partial charge in [-0.25, -0.2) is 4.79 Å². The molecule has 0 aliphatic carbocycles. The Morgan fingerprint density at radius 1 is 1.00 bits per heavy atom. The molecule has 1 N–H and O–H groups in total. The third-order valence-electron chi connectivity index (χ3n) is 8.49. The number of ether oxygens (including phenoxy) is 3. The average Bonchev–Trinajstić information content (AvgIpc) is 3.40. The van der Waals surface area contributed by atoms with E-state index in [0.717, 1.165) is 29.4 Å². The minimum atomic E-state index is -0.767. The minimum absolute atomic E-state index is 0.0132. The molecule has 1 saturated heterocycles. The van der Waals surface area contributed by atoms with E-state index >= 15 is 0 Å². The fourth-order valence-electron chi connectivity index (χ4n) is 5.26. The molecule has 1 aliphatic heterocycles. The van der Waals surface area contributed by atoms with Gasteiger partial charge in [0.1, 0.15) is 42.0 Å². The van der Waals surface area contributed by atoms with Crippen LogP contribution in [0.15, 0.2) is 92.2 Å². The summed E-state index contributed by atoms with van der Waals surface area (Å²) in [6.45, 7) is 14.7. The second-order valence-corrected chi connectivity index (χ2v) is 12.6.